The molecule has 0 aromatic rings. The molecule has 0 bridgehead atoms. The van der Waals surface area contributed by atoms with Gasteiger partial charge < -0.3 is 10.2 Å². The quantitative estimate of drug-likeness (QED) is 0.779. The minimum Gasteiger partial charge on any atom is -0.311 e. The van der Waals surface area contributed by atoms with Crippen LogP contribution in [0.1, 0.15) is 33.6 Å². The summed E-state index contributed by atoms with van der Waals surface area (Å²) >= 11 is 1.93. The van der Waals surface area contributed by atoms with Gasteiger partial charge >= 0.3 is 0 Å². The number of rotatable bonds is 5. The minimum absolute atomic E-state index is 0.658. The molecule has 0 saturated carbocycles. The topological polar surface area (TPSA) is 15.3 Å². The first-order chi connectivity index (χ1) is 7.17. The van der Waals surface area contributed by atoms with E-state index in [1.807, 2.05) is 11.8 Å². The van der Waals surface area contributed by atoms with Crippen molar-refractivity contribution in [3.8, 4) is 0 Å². The van der Waals surface area contributed by atoms with E-state index < -0.39 is 0 Å². The average Bonchev–Trinajstić information content (AvgIpc) is 2.18. The first-order valence-corrected chi connectivity index (χ1v) is 7.55. The van der Waals surface area contributed by atoms with E-state index in [0.717, 1.165) is 12.1 Å². The lowest BCUT2D eigenvalue weighted by molar-refractivity contribution is 0.140. The van der Waals surface area contributed by atoms with E-state index in [9.17, 15) is 0 Å². The molecule has 1 heterocycles. The Morgan fingerprint density at radius 3 is 2.80 bits per heavy atom. The van der Waals surface area contributed by atoms with Crippen LogP contribution >= 0.6 is 11.8 Å². The highest BCUT2D eigenvalue weighted by Gasteiger charge is 2.24. The van der Waals surface area contributed by atoms with Gasteiger partial charge in [0.1, 0.15) is 0 Å². The summed E-state index contributed by atoms with van der Waals surface area (Å²) in [5.41, 5.74) is 0. The van der Waals surface area contributed by atoms with Gasteiger partial charge in [-0.05, 0) is 46.0 Å². The number of likely N-dealkylation sites (tertiary alicyclic amines) is 1. The first-order valence-electron chi connectivity index (χ1n) is 6.16. The molecule has 0 amide bonds. The second kappa shape index (κ2) is 6.77. The molecular formula is C12H26N2S. The molecule has 1 aliphatic rings. The van der Waals surface area contributed by atoms with E-state index >= 15 is 0 Å². The third kappa shape index (κ3) is 4.33. The van der Waals surface area contributed by atoms with Crippen molar-refractivity contribution in [3.63, 3.8) is 0 Å². The fraction of sp³-hybridized carbons (Fsp3) is 1.00. The van der Waals surface area contributed by atoms with Gasteiger partial charge in [0.05, 0.1) is 0 Å². The normalized spacial score (nSPS) is 30.4. The summed E-state index contributed by atoms with van der Waals surface area (Å²) in [6.45, 7) is 9.39. The number of hydrogen-bond donors (Lipinski definition) is 1. The zero-order valence-electron chi connectivity index (χ0n) is 10.6. The van der Waals surface area contributed by atoms with Gasteiger partial charge in [0.25, 0.3) is 0 Å². The summed E-state index contributed by atoms with van der Waals surface area (Å²) in [5, 5.41) is 3.75. The Morgan fingerprint density at radius 2 is 2.27 bits per heavy atom. The third-order valence-corrected chi connectivity index (χ3v) is 4.19. The van der Waals surface area contributed by atoms with Crippen LogP contribution in [0.2, 0.25) is 0 Å². The Labute approximate surface area is 99.2 Å². The SMILES string of the molecule is CCN1CCC(NC(C)CSC)CC1C. The highest BCUT2D eigenvalue weighted by molar-refractivity contribution is 7.98. The van der Waals surface area contributed by atoms with Crippen molar-refractivity contribution < 1.29 is 0 Å². The van der Waals surface area contributed by atoms with Crippen molar-refractivity contribution in [3.05, 3.63) is 0 Å². The number of thioether (sulfide) groups is 1. The van der Waals surface area contributed by atoms with Gasteiger partial charge in [-0.15, -0.1) is 0 Å². The predicted octanol–water partition coefficient (Wildman–Crippen LogP) is 2.20. The molecular weight excluding hydrogens is 204 g/mol. The lowest BCUT2D eigenvalue weighted by atomic mass is 9.98. The van der Waals surface area contributed by atoms with E-state index in [1.165, 1.54) is 31.7 Å². The summed E-state index contributed by atoms with van der Waals surface area (Å²) in [5.74, 6) is 1.22. The first kappa shape index (κ1) is 13.3. The van der Waals surface area contributed by atoms with Crippen molar-refractivity contribution >= 4 is 11.8 Å². The van der Waals surface area contributed by atoms with Gasteiger partial charge in [0.2, 0.25) is 0 Å². The van der Waals surface area contributed by atoms with Crippen molar-refractivity contribution in [1.29, 1.82) is 0 Å². The standard InChI is InChI=1S/C12H26N2S/c1-5-14-7-6-12(8-11(14)3)13-10(2)9-15-4/h10-13H,5-9H2,1-4H3. The summed E-state index contributed by atoms with van der Waals surface area (Å²) in [4.78, 5) is 2.58. The van der Waals surface area contributed by atoms with Crippen LogP contribution in [0.5, 0.6) is 0 Å². The van der Waals surface area contributed by atoms with Crippen LogP contribution in [0.25, 0.3) is 0 Å². The Morgan fingerprint density at radius 1 is 1.53 bits per heavy atom. The fourth-order valence-electron chi connectivity index (χ4n) is 2.54. The number of piperidine rings is 1. The summed E-state index contributed by atoms with van der Waals surface area (Å²) in [6.07, 6.45) is 4.81. The van der Waals surface area contributed by atoms with Gasteiger partial charge in [-0.1, -0.05) is 6.92 Å². The van der Waals surface area contributed by atoms with Crippen molar-refractivity contribution in [2.24, 2.45) is 0 Å². The average molecular weight is 230 g/mol. The highest BCUT2D eigenvalue weighted by atomic mass is 32.2. The maximum absolute atomic E-state index is 3.75. The number of nitrogens with zero attached hydrogens (tertiary/aromatic N) is 1. The Balaban J connectivity index is 2.28. The maximum Gasteiger partial charge on any atom is 0.0132 e. The molecule has 1 aliphatic heterocycles. The number of nitrogens with one attached hydrogen (secondary N) is 1. The molecule has 0 spiro atoms. The van der Waals surface area contributed by atoms with Crippen LogP contribution in [0, 0.1) is 0 Å². The van der Waals surface area contributed by atoms with Gasteiger partial charge in [0.15, 0.2) is 0 Å². The molecule has 15 heavy (non-hydrogen) atoms. The number of hydrogen-bond acceptors (Lipinski definition) is 3. The lowest BCUT2D eigenvalue weighted by Crippen LogP contribution is -2.49. The second-order valence-corrected chi connectivity index (χ2v) is 5.63. The zero-order valence-corrected chi connectivity index (χ0v) is 11.4. The van der Waals surface area contributed by atoms with Crippen LogP contribution in [-0.2, 0) is 0 Å². The van der Waals surface area contributed by atoms with E-state index in [-0.39, 0.29) is 0 Å². The molecule has 2 nitrogen and oxygen atoms in total. The van der Waals surface area contributed by atoms with E-state index in [0.29, 0.717) is 6.04 Å². The van der Waals surface area contributed by atoms with E-state index in [1.54, 1.807) is 0 Å². The molecule has 0 aromatic carbocycles. The van der Waals surface area contributed by atoms with Crippen LogP contribution in [0.3, 0.4) is 0 Å². The summed E-state index contributed by atoms with van der Waals surface area (Å²) in [6, 6.07) is 2.15. The molecule has 1 rings (SSSR count). The molecule has 0 aromatic heterocycles. The Bertz CT molecular complexity index is 173. The second-order valence-electron chi connectivity index (χ2n) is 4.72. The fourth-order valence-corrected chi connectivity index (χ4v) is 3.14. The molecule has 3 unspecified atom stereocenters. The molecule has 3 atom stereocenters. The highest BCUT2D eigenvalue weighted by Crippen LogP contribution is 2.17. The van der Waals surface area contributed by atoms with Gasteiger partial charge in [-0.3, -0.25) is 0 Å². The van der Waals surface area contributed by atoms with Crippen LogP contribution in [-0.4, -0.2) is 48.1 Å². The monoisotopic (exact) mass is 230 g/mol. The van der Waals surface area contributed by atoms with E-state index in [2.05, 4.69) is 37.2 Å². The molecule has 1 saturated heterocycles. The Hall–Kier alpha value is 0.270. The lowest BCUT2D eigenvalue weighted by Gasteiger charge is -2.38. The van der Waals surface area contributed by atoms with Gasteiger partial charge in [0, 0.05) is 23.9 Å². The van der Waals surface area contributed by atoms with Crippen molar-refractivity contribution in [2.75, 3.05) is 25.1 Å². The molecule has 0 radical (unpaired) electrons. The molecule has 1 fully saturated rings. The molecule has 90 valence electrons. The van der Waals surface area contributed by atoms with Crippen LogP contribution in [0.4, 0.5) is 0 Å². The van der Waals surface area contributed by atoms with Crippen molar-refractivity contribution in [1.82, 2.24) is 10.2 Å². The smallest absolute Gasteiger partial charge is 0.0132 e. The summed E-state index contributed by atoms with van der Waals surface area (Å²) < 4.78 is 0. The minimum atomic E-state index is 0.658. The summed E-state index contributed by atoms with van der Waals surface area (Å²) in [7, 11) is 0. The maximum atomic E-state index is 3.75. The third-order valence-electron chi connectivity index (χ3n) is 3.36. The van der Waals surface area contributed by atoms with Gasteiger partial charge in [-0.25, -0.2) is 0 Å². The van der Waals surface area contributed by atoms with Gasteiger partial charge in [-0.2, -0.15) is 11.8 Å². The Kier molecular flexibility index (Phi) is 6.02. The van der Waals surface area contributed by atoms with Crippen LogP contribution in [0.15, 0.2) is 0 Å². The largest absolute Gasteiger partial charge is 0.311 e. The molecule has 1 N–H and O–H groups in total. The van der Waals surface area contributed by atoms with Crippen molar-refractivity contribution in [2.45, 2.75) is 51.7 Å². The zero-order chi connectivity index (χ0) is 11.3. The van der Waals surface area contributed by atoms with E-state index in [4.69, 9.17) is 0 Å². The molecule has 0 aliphatic carbocycles. The molecule has 3 heteroatoms. The predicted molar refractivity (Wildman–Crippen MR) is 70.7 cm³/mol. The van der Waals surface area contributed by atoms with Crippen LogP contribution < -0.4 is 5.32 Å².